The number of anilines is 1. The van der Waals surface area contributed by atoms with Crippen molar-refractivity contribution in [3.05, 3.63) is 94.0 Å². The highest BCUT2D eigenvalue weighted by atomic mass is 79.9. The lowest BCUT2D eigenvalue weighted by Gasteiger charge is -2.10. The highest BCUT2D eigenvalue weighted by molar-refractivity contribution is 9.10. The molecule has 0 saturated carbocycles. The smallest absolute Gasteiger partial charge is 0.308 e. The summed E-state index contributed by atoms with van der Waals surface area (Å²) in [5.74, 6) is -0.556. The molecule has 2 N–H and O–H groups in total. The molecule has 0 heterocycles. The van der Waals surface area contributed by atoms with Crippen molar-refractivity contribution < 1.29 is 19.1 Å². The minimum absolute atomic E-state index is 0.0842. The zero-order valence-electron chi connectivity index (χ0n) is 16.9. The summed E-state index contributed by atoms with van der Waals surface area (Å²) in [7, 11) is 0. The Hall–Kier alpha value is -3.45. The third-order valence-corrected chi connectivity index (χ3v) is 4.84. The van der Waals surface area contributed by atoms with Crippen LogP contribution in [0.2, 0.25) is 0 Å². The van der Waals surface area contributed by atoms with E-state index >= 15 is 0 Å². The van der Waals surface area contributed by atoms with E-state index in [2.05, 4.69) is 26.6 Å². The normalized spacial score (nSPS) is 10.3. The van der Waals surface area contributed by atoms with Crippen LogP contribution in [0.1, 0.15) is 28.4 Å². The summed E-state index contributed by atoms with van der Waals surface area (Å²) in [6.45, 7) is 1.65. The zero-order valence-corrected chi connectivity index (χ0v) is 18.4. The number of hydrogen-bond donors (Lipinski definition) is 2. The summed E-state index contributed by atoms with van der Waals surface area (Å²) < 4.78 is 5.98. The Labute approximate surface area is 188 Å². The predicted octanol–water partition coefficient (Wildman–Crippen LogP) is 4.49. The molecule has 0 bridgehead atoms. The van der Waals surface area contributed by atoms with Crippen molar-refractivity contribution >= 4 is 39.4 Å². The van der Waals surface area contributed by atoms with Crippen LogP contribution in [0.5, 0.6) is 5.75 Å². The lowest BCUT2D eigenvalue weighted by Crippen LogP contribution is -2.24. The molecule has 0 atom stereocenters. The van der Waals surface area contributed by atoms with Crippen LogP contribution in [0.15, 0.2) is 77.3 Å². The molecule has 3 aromatic carbocycles. The maximum Gasteiger partial charge on any atom is 0.308 e. The van der Waals surface area contributed by atoms with Crippen molar-refractivity contribution in [3.8, 4) is 5.75 Å². The van der Waals surface area contributed by atoms with Crippen LogP contribution < -0.4 is 15.4 Å². The fourth-order valence-corrected chi connectivity index (χ4v) is 3.14. The summed E-state index contributed by atoms with van der Waals surface area (Å²) in [5.41, 5.74) is 2.75. The second-order valence-electron chi connectivity index (χ2n) is 6.86. The molecule has 0 fully saturated rings. The van der Waals surface area contributed by atoms with Crippen LogP contribution in [-0.2, 0) is 22.6 Å². The largest absolute Gasteiger partial charge is 0.427 e. The second-order valence-corrected chi connectivity index (χ2v) is 7.77. The van der Waals surface area contributed by atoms with Gasteiger partial charge in [0.1, 0.15) is 5.75 Å². The monoisotopic (exact) mass is 480 g/mol. The molecule has 31 heavy (non-hydrogen) atoms. The van der Waals surface area contributed by atoms with Gasteiger partial charge in [0.15, 0.2) is 0 Å². The van der Waals surface area contributed by atoms with Gasteiger partial charge >= 0.3 is 5.97 Å². The standard InChI is InChI=1S/C24H21BrN2O4/c1-16(28)31-22-7-3-5-19(14-22)24(30)27-21-6-2-4-18(12-21)15-26-23(29)13-17-8-10-20(25)11-9-17/h2-12,14H,13,15H2,1H3,(H,26,29)(H,27,30). The third kappa shape index (κ3) is 7.08. The lowest BCUT2D eigenvalue weighted by atomic mass is 10.1. The molecule has 158 valence electrons. The first-order chi connectivity index (χ1) is 14.9. The summed E-state index contributed by atoms with van der Waals surface area (Å²) >= 11 is 3.37. The average molecular weight is 481 g/mol. The van der Waals surface area contributed by atoms with Crippen molar-refractivity contribution in [3.63, 3.8) is 0 Å². The van der Waals surface area contributed by atoms with E-state index < -0.39 is 5.97 Å². The Morgan fingerprint density at radius 3 is 2.39 bits per heavy atom. The molecular weight excluding hydrogens is 460 g/mol. The van der Waals surface area contributed by atoms with Crippen LogP contribution in [0, 0.1) is 0 Å². The zero-order chi connectivity index (χ0) is 22.2. The minimum Gasteiger partial charge on any atom is -0.427 e. The van der Waals surface area contributed by atoms with Gasteiger partial charge in [0.25, 0.3) is 5.91 Å². The van der Waals surface area contributed by atoms with E-state index in [1.54, 1.807) is 36.4 Å². The van der Waals surface area contributed by atoms with Gasteiger partial charge in [-0.3, -0.25) is 14.4 Å². The molecular formula is C24H21BrN2O4. The van der Waals surface area contributed by atoms with Gasteiger partial charge in [-0.15, -0.1) is 0 Å². The van der Waals surface area contributed by atoms with Crippen molar-refractivity contribution in [2.75, 3.05) is 5.32 Å². The number of ether oxygens (including phenoxy) is 1. The Morgan fingerprint density at radius 1 is 0.903 bits per heavy atom. The van der Waals surface area contributed by atoms with Gasteiger partial charge in [-0.05, 0) is 53.6 Å². The number of carbonyl (C=O) groups is 3. The molecule has 3 rings (SSSR count). The predicted molar refractivity (Wildman–Crippen MR) is 122 cm³/mol. The van der Waals surface area contributed by atoms with Gasteiger partial charge in [0.05, 0.1) is 6.42 Å². The molecule has 0 aliphatic rings. The van der Waals surface area contributed by atoms with E-state index in [1.165, 1.54) is 13.0 Å². The number of hydrogen-bond acceptors (Lipinski definition) is 4. The van der Waals surface area contributed by atoms with Crippen molar-refractivity contribution in [1.29, 1.82) is 0 Å². The Kier molecular flexibility index (Phi) is 7.56. The first-order valence-electron chi connectivity index (χ1n) is 9.59. The van der Waals surface area contributed by atoms with Crippen LogP contribution in [0.3, 0.4) is 0 Å². The van der Waals surface area contributed by atoms with Crippen LogP contribution in [0.25, 0.3) is 0 Å². The van der Waals surface area contributed by atoms with Gasteiger partial charge in [-0.1, -0.05) is 46.3 Å². The lowest BCUT2D eigenvalue weighted by molar-refractivity contribution is -0.131. The molecule has 0 unspecified atom stereocenters. The van der Waals surface area contributed by atoms with Crippen LogP contribution >= 0.6 is 15.9 Å². The van der Waals surface area contributed by atoms with Gasteiger partial charge in [0, 0.05) is 29.2 Å². The SMILES string of the molecule is CC(=O)Oc1cccc(C(=O)Nc2cccc(CNC(=O)Cc3ccc(Br)cc3)c2)c1. The summed E-state index contributed by atoms with van der Waals surface area (Å²) in [5, 5.41) is 5.70. The number of nitrogens with one attached hydrogen (secondary N) is 2. The molecule has 0 aliphatic carbocycles. The van der Waals surface area contributed by atoms with Crippen molar-refractivity contribution in [2.45, 2.75) is 19.9 Å². The second kappa shape index (κ2) is 10.5. The van der Waals surface area contributed by atoms with Crippen LogP contribution in [-0.4, -0.2) is 17.8 Å². The van der Waals surface area contributed by atoms with Crippen molar-refractivity contribution in [2.24, 2.45) is 0 Å². The number of benzene rings is 3. The van der Waals surface area contributed by atoms with Crippen molar-refractivity contribution in [1.82, 2.24) is 5.32 Å². The number of amides is 2. The number of carbonyl (C=O) groups excluding carboxylic acids is 3. The van der Waals surface area contributed by atoms with Gasteiger partial charge < -0.3 is 15.4 Å². The minimum atomic E-state index is -0.451. The topological polar surface area (TPSA) is 84.5 Å². The highest BCUT2D eigenvalue weighted by Crippen LogP contribution is 2.17. The Bertz CT molecular complexity index is 1100. The molecule has 7 heteroatoms. The van der Waals surface area contributed by atoms with E-state index in [9.17, 15) is 14.4 Å². The van der Waals surface area contributed by atoms with E-state index in [-0.39, 0.29) is 11.8 Å². The summed E-state index contributed by atoms with van der Waals surface area (Å²) in [4.78, 5) is 35.8. The molecule has 0 aromatic heterocycles. The van der Waals surface area contributed by atoms with Crippen LogP contribution in [0.4, 0.5) is 5.69 Å². The fourth-order valence-electron chi connectivity index (χ4n) is 2.88. The molecule has 2 amide bonds. The quantitative estimate of drug-likeness (QED) is 0.385. The van der Waals surface area contributed by atoms with Gasteiger partial charge in [0.2, 0.25) is 5.91 Å². The number of esters is 1. The third-order valence-electron chi connectivity index (χ3n) is 4.31. The molecule has 0 saturated heterocycles. The molecule has 6 nitrogen and oxygen atoms in total. The maximum atomic E-state index is 12.5. The number of rotatable bonds is 7. The summed E-state index contributed by atoms with van der Waals surface area (Å²) in [6, 6.07) is 21.2. The van der Waals surface area contributed by atoms with E-state index in [1.807, 2.05) is 30.3 Å². The number of halogens is 1. The Balaban J connectivity index is 1.57. The maximum absolute atomic E-state index is 12.5. The van der Waals surface area contributed by atoms with Gasteiger partial charge in [-0.25, -0.2) is 0 Å². The molecule has 0 radical (unpaired) electrons. The first-order valence-corrected chi connectivity index (χ1v) is 10.4. The first kappa shape index (κ1) is 22.2. The Morgan fingerprint density at radius 2 is 1.65 bits per heavy atom. The average Bonchev–Trinajstić information content (AvgIpc) is 2.74. The fraction of sp³-hybridized carbons (Fsp3) is 0.125. The summed E-state index contributed by atoms with van der Waals surface area (Å²) in [6.07, 6.45) is 0.294. The highest BCUT2D eigenvalue weighted by Gasteiger charge is 2.09. The van der Waals surface area contributed by atoms with E-state index in [0.717, 1.165) is 15.6 Å². The molecule has 0 aliphatic heterocycles. The van der Waals surface area contributed by atoms with E-state index in [0.29, 0.717) is 30.0 Å². The van der Waals surface area contributed by atoms with E-state index in [4.69, 9.17) is 4.74 Å². The molecule has 3 aromatic rings. The van der Waals surface area contributed by atoms with Gasteiger partial charge in [-0.2, -0.15) is 0 Å². The molecule has 0 spiro atoms.